The molecule has 82 valence electrons. The lowest BCUT2D eigenvalue weighted by Gasteiger charge is -1.95. The quantitative estimate of drug-likeness (QED) is 0.761. The second-order valence-electron chi connectivity index (χ2n) is 3.15. The minimum atomic E-state index is -0.338. The first-order valence-corrected chi connectivity index (χ1v) is 5.53. The second-order valence-corrected chi connectivity index (χ2v) is 4.26. The molecule has 0 amide bonds. The minimum Gasteiger partial charge on any atom is -0.465 e. The molecule has 0 aliphatic carbocycles. The monoisotopic (exact) mass is 234 g/mol. The number of ether oxygens (including phenoxy) is 1. The molecular formula is C11H10N2O2S. The Morgan fingerprint density at radius 2 is 2.38 bits per heavy atom. The largest absolute Gasteiger partial charge is 0.465 e. The van der Waals surface area contributed by atoms with Gasteiger partial charge in [0, 0.05) is 18.8 Å². The molecule has 0 spiro atoms. The molecule has 16 heavy (non-hydrogen) atoms. The number of methoxy groups -OCH3 is 1. The van der Waals surface area contributed by atoms with Crippen molar-refractivity contribution in [1.82, 2.24) is 9.97 Å². The fourth-order valence-electron chi connectivity index (χ4n) is 1.26. The van der Waals surface area contributed by atoms with Gasteiger partial charge in [-0.2, -0.15) is 0 Å². The smallest absolute Gasteiger partial charge is 0.349 e. The van der Waals surface area contributed by atoms with Gasteiger partial charge in [0.2, 0.25) is 0 Å². The molecule has 0 bridgehead atoms. The van der Waals surface area contributed by atoms with Crippen molar-refractivity contribution >= 4 is 17.3 Å². The summed E-state index contributed by atoms with van der Waals surface area (Å²) < 4.78 is 4.62. The van der Waals surface area contributed by atoms with Gasteiger partial charge >= 0.3 is 5.97 Å². The molecule has 0 aliphatic heterocycles. The zero-order valence-corrected chi connectivity index (χ0v) is 9.53. The number of esters is 1. The summed E-state index contributed by atoms with van der Waals surface area (Å²) in [6, 6.07) is 3.86. The van der Waals surface area contributed by atoms with E-state index in [2.05, 4.69) is 14.7 Å². The number of thiazole rings is 1. The van der Waals surface area contributed by atoms with Crippen LogP contribution in [0.1, 0.15) is 20.2 Å². The summed E-state index contributed by atoms with van der Waals surface area (Å²) >= 11 is 1.35. The molecule has 5 heteroatoms. The van der Waals surface area contributed by atoms with Crippen LogP contribution < -0.4 is 0 Å². The zero-order chi connectivity index (χ0) is 11.4. The van der Waals surface area contributed by atoms with E-state index in [1.54, 1.807) is 18.6 Å². The van der Waals surface area contributed by atoms with Crippen molar-refractivity contribution < 1.29 is 9.53 Å². The van der Waals surface area contributed by atoms with E-state index in [9.17, 15) is 4.79 Å². The average molecular weight is 234 g/mol. The first kappa shape index (κ1) is 10.8. The molecule has 0 fully saturated rings. The van der Waals surface area contributed by atoms with Crippen molar-refractivity contribution in [3.05, 3.63) is 46.2 Å². The average Bonchev–Trinajstić information content (AvgIpc) is 2.78. The number of hydrogen-bond donors (Lipinski definition) is 0. The number of carbonyl (C=O) groups excluding carboxylic acids is 1. The van der Waals surface area contributed by atoms with Gasteiger partial charge in [-0.15, -0.1) is 11.3 Å². The van der Waals surface area contributed by atoms with E-state index in [1.807, 2.05) is 12.1 Å². The Labute approximate surface area is 96.9 Å². The fourth-order valence-corrected chi connectivity index (χ4v) is 2.13. The Kier molecular flexibility index (Phi) is 3.26. The summed E-state index contributed by atoms with van der Waals surface area (Å²) in [5.41, 5.74) is 1.08. The predicted octanol–water partition coefficient (Wildman–Crippen LogP) is 1.92. The third-order valence-corrected chi connectivity index (χ3v) is 3.00. The van der Waals surface area contributed by atoms with E-state index in [0.29, 0.717) is 11.3 Å². The van der Waals surface area contributed by atoms with Gasteiger partial charge < -0.3 is 4.74 Å². The van der Waals surface area contributed by atoms with Crippen LogP contribution >= 0.6 is 11.3 Å². The molecule has 0 atom stereocenters. The maximum atomic E-state index is 11.2. The van der Waals surface area contributed by atoms with Crippen LogP contribution in [0.3, 0.4) is 0 Å². The van der Waals surface area contributed by atoms with Crippen LogP contribution in [0.2, 0.25) is 0 Å². The van der Waals surface area contributed by atoms with E-state index in [-0.39, 0.29) is 5.97 Å². The van der Waals surface area contributed by atoms with Gasteiger partial charge in [-0.25, -0.2) is 9.78 Å². The first-order chi connectivity index (χ1) is 7.79. The molecule has 2 aromatic heterocycles. The van der Waals surface area contributed by atoms with Gasteiger partial charge in [0.15, 0.2) is 0 Å². The van der Waals surface area contributed by atoms with Gasteiger partial charge in [0.05, 0.1) is 18.3 Å². The summed E-state index contributed by atoms with van der Waals surface area (Å²) in [5, 5.41) is 0.883. The Balaban J connectivity index is 2.12. The highest BCUT2D eigenvalue weighted by atomic mass is 32.1. The standard InChI is InChI=1S/C11H10N2O2S/c1-15-11(14)9-7-13-10(16-9)5-8-3-2-4-12-6-8/h2-4,6-7H,5H2,1H3. The predicted molar refractivity (Wildman–Crippen MR) is 60.5 cm³/mol. The fraction of sp³-hybridized carbons (Fsp3) is 0.182. The molecule has 0 saturated heterocycles. The zero-order valence-electron chi connectivity index (χ0n) is 8.71. The molecule has 0 N–H and O–H groups in total. The summed E-state index contributed by atoms with van der Waals surface area (Å²) in [5.74, 6) is -0.338. The van der Waals surface area contributed by atoms with E-state index in [1.165, 1.54) is 18.4 Å². The molecule has 0 aromatic carbocycles. The lowest BCUT2D eigenvalue weighted by atomic mass is 10.2. The number of pyridine rings is 1. The SMILES string of the molecule is COC(=O)c1cnc(Cc2cccnc2)s1. The third-order valence-electron chi connectivity index (χ3n) is 2.02. The van der Waals surface area contributed by atoms with Crippen LogP contribution in [0.25, 0.3) is 0 Å². The maximum Gasteiger partial charge on any atom is 0.349 e. The number of aromatic nitrogens is 2. The van der Waals surface area contributed by atoms with Crippen molar-refractivity contribution in [2.75, 3.05) is 7.11 Å². The lowest BCUT2D eigenvalue weighted by Crippen LogP contribution is -1.96. The highest BCUT2D eigenvalue weighted by molar-refractivity contribution is 7.13. The van der Waals surface area contributed by atoms with Gasteiger partial charge in [-0.3, -0.25) is 4.98 Å². The molecule has 2 rings (SSSR count). The Morgan fingerprint density at radius 3 is 3.06 bits per heavy atom. The number of nitrogens with zero attached hydrogens (tertiary/aromatic N) is 2. The highest BCUT2D eigenvalue weighted by Gasteiger charge is 2.10. The lowest BCUT2D eigenvalue weighted by molar-refractivity contribution is 0.0606. The maximum absolute atomic E-state index is 11.2. The highest BCUT2D eigenvalue weighted by Crippen LogP contribution is 2.16. The Bertz CT molecular complexity index is 482. The summed E-state index contributed by atoms with van der Waals surface area (Å²) in [4.78, 5) is 19.9. The normalized spacial score (nSPS) is 10.1. The Morgan fingerprint density at radius 1 is 1.50 bits per heavy atom. The molecule has 0 unspecified atom stereocenters. The van der Waals surface area contributed by atoms with Crippen LogP contribution in [-0.2, 0) is 11.2 Å². The first-order valence-electron chi connectivity index (χ1n) is 4.71. The van der Waals surface area contributed by atoms with Crippen molar-refractivity contribution in [3.8, 4) is 0 Å². The number of carbonyl (C=O) groups is 1. The molecule has 2 heterocycles. The van der Waals surface area contributed by atoms with Crippen LogP contribution in [0.4, 0.5) is 0 Å². The van der Waals surface area contributed by atoms with E-state index < -0.39 is 0 Å². The molecule has 0 saturated carbocycles. The number of rotatable bonds is 3. The second kappa shape index (κ2) is 4.85. The summed E-state index contributed by atoms with van der Waals surface area (Å²) in [7, 11) is 1.36. The Hall–Kier alpha value is -1.75. The van der Waals surface area contributed by atoms with Crippen molar-refractivity contribution in [2.24, 2.45) is 0 Å². The van der Waals surface area contributed by atoms with Crippen molar-refractivity contribution in [3.63, 3.8) is 0 Å². The third kappa shape index (κ3) is 2.43. The topological polar surface area (TPSA) is 52.1 Å². The number of hydrogen-bond acceptors (Lipinski definition) is 5. The molecule has 4 nitrogen and oxygen atoms in total. The summed E-state index contributed by atoms with van der Waals surface area (Å²) in [6.07, 6.45) is 5.75. The minimum absolute atomic E-state index is 0.338. The van der Waals surface area contributed by atoms with Gasteiger partial charge in [-0.1, -0.05) is 6.07 Å². The molecular weight excluding hydrogens is 224 g/mol. The van der Waals surface area contributed by atoms with Crippen LogP contribution in [0.5, 0.6) is 0 Å². The van der Waals surface area contributed by atoms with E-state index in [0.717, 1.165) is 10.6 Å². The summed E-state index contributed by atoms with van der Waals surface area (Å²) in [6.45, 7) is 0. The van der Waals surface area contributed by atoms with Gasteiger partial charge in [-0.05, 0) is 11.6 Å². The van der Waals surface area contributed by atoms with Crippen LogP contribution in [0, 0.1) is 0 Å². The van der Waals surface area contributed by atoms with Crippen LogP contribution in [0.15, 0.2) is 30.7 Å². The van der Waals surface area contributed by atoms with Gasteiger partial charge in [0.25, 0.3) is 0 Å². The molecule has 0 radical (unpaired) electrons. The molecule has 0 aliphatic rings. The van der Waals surface area contributed by atoms with Crippen molar-refractivity contribution in [1.29, 1.82) is 0 Å². The van der Waals surface area contributed by atoms with E-state index >= 15 is 0 Å². The van der Waals surface area contributed by atoms with Gasteiger partial charge in [0.1, 0.15) is 4.88 Å². The van der Waals surface area contributed by atoms with E-state index in [4.69, 9.17) is 0 Å². The molecule has 2 aromatic rings. The van der Waals surface area contributed by atoms with Crippen LogP contribution in [-0.4, -0.2) is 23.0 Å². The van der Waals surface area contributed by atoms with Crippen molar-refractivity contribution in [2.45, 2.75) is 6.42 Å².